The van der Waals surface area contributed by atoms with Gasteiger partial charge in [0.2, 0.25) is 0 Å². The summed E-state index contributed by atoms with van der Waals surface area (Å²) in [6.45, 7) is 2.75. The molecule has 0 bridgehead atoms. The topological polar surface area (TPSA) is 23.5 Å². The van der Waals surface area contributed by atoms with E-state index in [2.05, 4.69) is 0 Å². The molecule has 1 N–H and O–H groups in total. The largest absolute Gasteiger partial charge is 0.392 e. The van der Waals surface area contributed by atoms with Gasteiger partial charge in [0, 0.05) is 6.54 Å². The van der Waals surface area contributed by atoms with Crippen LogP contribution in [-0.2, 0) is 0 Å². The summed E-state index contributed by atoms with van der Waals surface area (Å²) in [6.07, 6.45) is 0.697. The maximum absolute atomic E-state index is 8.99. The first-order valence-corrected chi connectivity index (χ1v) is 2.99. The van der Waals surface area contributed by atoms with Crippen LogP contribution in [0.4, 0.5) is 0 Å². The maximum atomic E-state index is 8.99. The monoisotopic (exact) mass is 117 g/mol. The van der Waals surface area contributed by atoms with E-state index in [1.807, 2.05) is 25.9 Å². The van der Waals surface area contributed by atoms with Crippen LogP contribution in [0.2, 0.25) is 0 Å². The summed E-state index contributed by atoms with van der Waals surface area (Å²) < 4.78 is 0. The summed E-state index contributed by atoms with van der Waals surface area (Å²) in [7, 11) is 3.91. The van der Waals surface area contributed by atoms with E-state index in [0.717, 1.165) is 13.0 Å². The van der Waals surface area contributed by atoms with Crippen molar-refractivity contribution in [1.82, 2.24) is 4.90 Å². The Morgan fingerprint density at radius 1 is 1.50 bits per heavy atom. The van der Waals surface area contributed by atoms with Crippen molar-refractivity contribution in [2.45, 2.75) is 19.4 Å². The Bertz CT molecular complexity index is 54.5. The van der Waals surface area contributed by atoms with Crippen molar-refractivity contribution in [2.75, 3.05) is 20.6 Å². The standard InChI is InChI=1S/C6H15NO/c1-4-6(8)5-7(2)3/h6,8H,4-5H2,1-3H3/t6-/m1/s1. The second kappa shape index (κ2) is 3.87. The van der Waals surface area contributed by atoms with Crippen LogP contribution in [0.25, 0.3) is 0 Å². The molecule has 0 fully saturated rings. The predicted octanol–water partition coefficient (Wildman–Crippen LogP) is 0.319. The third-order valence-electron chi connectivity index (χ3n) is 1.05. The first-order valence-electron chi connectivity index (χ1n) is 2.99. The second-order valence-corrected chi connectivity index (χ2v) is 2.32. The molecule has 0 unspecified atom stereocenters. The van der Waals surface area contributed by atoms with Gasteiger partial charge < -0.3 is 10.0 Å². The van der Waals surface area contributed by atoms with Crippen LogP contribution in [0.1, 0.15) is 13.3 Å². The van der Waals surface area contributed by atoms with Gasteiger partial charge in [-0.2, -0.15) is 0 Å². The lowest BCUT2D eigenvalue weighted by molar-refractivity contribution is 0.133. The zero-order chi connectivity index (χ0) is 6.57. The van der Waals surface area contributed by atoms with Crippen LogP contribution < -0.4 is 0 Å². The summed E-state index contributed by atoms with van der Waals surface area (Å²) in [4.78, 5) is 1.98. The molecule has 0 aliphatic heterocycles. The molecule has 0 radical (unpaired) electrons. The Balaban J connectivity index is 3.10. The van der Waals surface area contributed by atoms with Crippen molar-refractivity contribution >= 4 is 0 Å². The summed E-state index contributed by atoms with van der Waals surface area (Å²) in [5.41, 5.74) is 0. The number of nitrogens with zero attached hydrogens (tertiary/aromatic N) is 1. The SMILES string of the molecule is CC[C@@H](O)CN(C)C. The molecular formula is C6H15NO. The highest BCUT2D eigenvalue weighted by molar-refractivity contribution is 4.53. The quantitative estimate of drug-likeness (QED) is 0.575. The highest BCUT2D eigenvalue weighted by Crippen LogP contribution is 1.89. The van der Waals surface area contributed by atoms with Crippen molar-refractivity contribution in [3.05, 3.63) is 0 Å². The van der Waals surface area contributed by atoms with E-state index in [1.165, 1.54) is 0 Å². The molecule has 1 atom stereocenters. The van der Waals surface area contributed by atoms with Crippen molar-refractivity contribution in [3.63, 3.8) is 0 Å². The smallest absolute Gasteiger partial charge is 0.0664 e. The van der Waals surface area contributed by atoms with E-state index < -0.39 is 0 Å². The Labute approximate surface area is 51.1 Å². The van der Waals surface area contributed by atoms with E-state index in [1.54, 1.807) is 0 Å². The number of aliphatic hydroxyl groups is 1. The number of rotatable bonds is 3. The predicted molar refractivity (Wildman–Crippen MR) is 34.9 cm³/mol. The lowest BCUT2D eigenvalue weighted by atomic mass is 10.3. The molecule has 0 saturated carbocycles. The molecule has 0 spiro atoms. The van der Waals surface area contributed by atoms with Crippen LogP contribution >= 0.6 is 0 Å². The Morgan fingerprint density at radius 2 is 2.00 bits per heavy atom. The molecule has 50 valence electrons. The summed E-state index contributed by atoms with van der Waals surface area (Å²) in [6, 6.07) is 0. The molecular weight excluding hydrogens is 102 g/mol. The minimum atomic E-state index is -0.148. The molecule has 0 aromatic heterocycles. The molecule has 2 nitrogen and oxygen atoms in total. The van der Waals surface area contributed by atoms with Crippen LogP contribution in [0, 0.1) is 0 Å². The van der Waals surface area contributed by atoms with Crippen LogP contribution in [0.5, 0.6) is 0 Å². The first kappa shape index (κ1) is 7.92. The molecule has 0 aromatic carbocycles. The number of aliphatic hydroxyl groups excluding tert-OH is 1. The molecule has 0 amide bonds. The average molecular weight is 117 g/mol. The van der Waals surface area contributed by atoms with Gasteiger partial charge in [0.25, 0.3) is 0 Å². The van der Waals surface area contributed by atoms with E-state index >= 15 is 0 Å². The van der Waals surface area contributed by atoms with Crippen molar-refractivity contribution in [1.29, 1.82) is 0 Å². The van der Waals surface area contributed by atoms with Crippen LogP contribution in [-0.4, -0.2) is 36.8 Å². The lowest BCUT2D eigenvalue weighted by Gasteiger charge is -2.13. The fourth-order valence-corrected chi connectivity index (χ4v) is 0.551. The summed E-state index contributed by atoms with van der Waals surface area (Å²) >= 11 is 0. The molecule has 0 heterocycles. The Hall–Kier alpha value is -0.0800. The molecule has 0 aromatic rings. The highest BCUT2D eigenvalue weighted by atomic mass is 16.3. The minimum absolute atomic E-state index is 0.148. The number of likely N-dealkylation sites (N-methyl/N-ethyl adjacent to an activating group) is 1. The van der Waals surface area contributed by atoms with Crippen molar-refractivity contribution in [2.24, 2.45) is 0 Å². The van der Waals surface area contributed by atoms with E-state index in [0.29, 0.717) is 0 Å². The van der Waals surface area contributed by atoms with E-state index in [4.69, 9.17) is 5.11 Å². The molecule has 8 heavy (non-hydrogen) atoms. The Morgan fingerprint density at radius 3 is 2.12 bits per heavy atom. The van der Waals surface area contributed by atoms with Gasteiger partial charge in [0.1, 0.15) is 0 Å². The molecule has 0 saturated heterocycles. The highest BCUT2D eigenvalue weighted by Gasteiger charge is 1.99. The van der Waals surface area contributed by atoms with Gasteiger partial charge in [-0.1, -0.05) is 6.92 Å². The fourth-order valence-electron chi connectivity index (χ4n) is 0.551. The number of hydrogen-bond acceptors (Lipinski definition) is 2. The minimum Gasteiger partial charge on any atom is -0.392 e. The third kappa shape index (κ3) is 4.09. The molecule has 0 aliphatic rings. The van der Waals surface area contributed by atoms with Gasteiger partial charge in [0.05, 0.1) is 6.10 Å². The zero-order valence-corrected chi connectivity index (χ0v) is 5.89. The Kier molecular flexibility index (Phi) is 3.83. The first-order chi connectivity index (χ1) is 3.66. The van der Waals surface area contributed by atoms with E-state index in [9.17, 15) is 0 Å². The van der Waals surface area contributed by atoms with Crippen LogP contribution in [0.3, 0.4) is 0 Å². The van der Waals surface area contributed by atoms with Gasteiger partial charge >= 0.3 is 0 Å². The lowest BCUT2D eigenvalue weighted by Crippen LogP contribution is -2.24. The number of hydrogen-bond donors (Lipinski definition) is 1. The van der Waals surface area contributed by atoms with Gasteiger partial charge in [-0.15, -0.1) is 0 Å². The van der Waals surface area contributed by atoms with Gasteiger partial charge in [-0.25, -0.2) is 0 Å². The van der Waals surface area contributed by atoms with Crippen molar-refractivity contribution < 1.29 is 5.11 Å². The summed E-state index contributed by atoms with van der Waals surface area (Å²) in [5, 5.41) is 8.99. The van der Waals surface area contributed by atoms with E-state index in [-0.39, 0.29) is 6.10 Å². The van der Waals surface area contributed by atoms with Crippen molar-refractivity contribution in [3.8, 4) is 0 Å². The molecule has 0 rings (SSSR count). The third-order valence-corrected chi connectivity index (χ3v) is 1.05. The molecule has 2 heteroatoms. The molecule has 0 aliphatic carbocycles. The van der Waals surface area contributed by atoms with Crippen LogP contribution in [0.15, 0.2) is 0 Å². The fraction of sp³-hybridized carbons (Fsp3) is 1.00. The average Bonchev–Trinajstić information content (AvgIpc) is 1.65. The summed E-state index contributed by atoms with van der Waals surface area (Å²) in [5.74, 6) is 0. The second-order valence-electron chi connectivity index (χ2n) is 2.32. The van der Waals surface area contributed by atoms with Gasteiger partial charge in [-0.3, -0.25) is 0 Å². The maximum Gasteiger partial charge on any atom is 0.0664 e. The van der Waals surface area contributed by atoms with Gasteiger partial charge in [0.15, 0.2) is 0 Å². The van der Waals surface area contributed by atoms with Gasteiger partial charge in [-0.05, 0) is 20.5 Å². The normalized spacial score (nSPS) is 14.6. The zero-order valence-electron chi connectivity index (χ0n) is 5.89.